The molecule has 0 fully saturated rings. The Kier molecular flexibility index (Phi) is 9.57. The van der Waals surface area contributed by atoms with Crippen LogP contribution in [-0.4, -0.2) is 62.9 Å². The molecule has 26 heavy (non-hydrogen) atoms. The lowest BCUT2D eigenvalue weighted by Crippen LogP contribution is -2.43. The van der Waals surface area contributed by atoms with Gasteiger partial charge in [-0.25, -0.2) is 4.79 Å². The van der Waals surface area contributed by atoms with E-state index in [9.17, 15) is 4.79 Å². The lowest BCUT2D eigenvalue weighted by Gasteiger charge is -2.24. The number of nitrogens with zero attached hydrogens (tertiary/aromatic N) is 2. The van der Waals surface area contributed by atoms with Gasteiger partial charge in [-0.2, -0.15) is 0 Å². The number of carbonyl (C=O) groups is 1. The average molecular weight is 368 g/mol. The van der Waals surface area contributed by atoms with Crippen molar-refractivity contribution in [2.45, 2.75) is 39.4 Å². The zero-order chi connectivity index (χ0) is 19.4. The van der Waals surface area contributed by atoms with Crippen LogP contribution in [0.4, 0.5) is 4.79 Å². The topological polar surface area (TPSA) is 88.3 Å². The Morgan fingerprint density at radius 3 is 2.65 bits per heavy atom. The molecule has 2 N–H and O–H groups in total. The van der Waals surface area contributed by atoms with Gasteiger partial charge in [0.05, 0.1) is 6.26 Å². The minimum atomic E-state index is -0.491. The maximum Gasteiger partial charge on any atom is 0.410 e. The first-order valence-electron chi connectivity index (χ1n) is 8.80. The van der Waals surface area contributed by atoms with E-state index in [-0.39, 0.29) is 6.09 Å². The Morgan fingerprint density at radius 2 is 2.04 bits per heavy atom. The summed E-state index contributed by atoms with van der Waals surface area (Å²) in [5.41, 5.74) is -0.491. The molecule has 0 saturated carbocycles. The summed E-state index contributed by atoms with van der Waals surface area (Å²) in [4.78, 5) is 17.6. The molecule has 0 aliphatic heterocycles. The second-order valence-corrected chi connectivity index (χ2v) is 6.81. The predicted octanol–water partition coefficient (Wildman–Crippen LogP) is 2.22. The minimum Gasteiger partial charge on any atom is -0.467 e. The molecule has 0 aromatic carbocycles. The molecule has 1 aromatic rings. The van der Waals surface area contributed by atoms with Crippen molar-refractivity contribution in [2.75, 3.05) is 40.3 Å². The van der Waals surface area contributed by atoms with Gasteiger partial charge in [0.15, 0.2) is 5.96 Å². The number of furan rings is 1. The quantitative estimate of drug-likeness (QED) is 0.395. The van der Waals surface area contributed by atoms with Gasteiger partial charge in [0.25, 0.3) is 0 Å². The molecule has 148 valence electrons. The van der Waals surface area contributed by atoms with E-state index in [1.165, 1.54) is 4.90 Å². The van der Waals surface area contributed by atoms with Crippen LogP contribution in [0, 0.1) is 0 Å². The third-order valence-corrected chi connectivity index (χ3v) is 3.25. The molecule has 0 unspecified atom stereocenters. The normalized spacial score (nSPS) is 12.0. The highest BCUT2D eigenvalue weighted by molar-refractivity contribution is 5.79. The van der Waals surface area contributed by atoms with Crippen molar-refractivity contribution in [3.63, 3.8) is 0 Å². The lowest BCUT2D eigenvalue weighted by molar-refractivity contribution is 0.0302. The lowest BCUT2D eigenvalue weighted by atomic mass is 10.2. The summed E-state index contributed by atoms with van der Waals surface area (Å²) in [6, 6.07) is 3.73. The SMILES string of the molecule is CN=C(NCCCOCc1ccco1)NCCN(C)C(=O)OC(C)(C)C. The van der Waals surface area contributed by atoms with E-state index < -0.39 is 5.60 Å². The minimum absolute atomic E-state index is 0.337. The number of guanidine groups is 1. The molecule has 8 heteroatoms. The summed E-state index contributed by atoms with van der Waals surface area (Å²) in [6.07, 6.45) is 2.14. The van der Waals surface area contributed by atoms with Gasteiger partial charge < -0.3 is 29.4 Å². The zero-order valence-corrected chi connectivity index (χ0v) is 16.5. The maximum atomic E-state index is 11.9. The van der Waals surface area contributed by atoms with Crippen molar-refractivity contribution in [3.05, 3.63) is 24.2 Å². The number of likely N-dealkylation sites (N-methyl/N-ethyl adjacent to an activating group) is 1. The summed E-state index contributed by atoms with van der Waals surface area (Å²) in [6.45, 7) is 8.48. The second-order valence-electron chi connectivity index (χ2n) is 6.81. The predicted molar refractivity (Wildman–Crippen MR) is 101 cm³/mol. The molecular formula is C18H32N4O4. The van der Waals surface area contributed by atoms with Crippen LogP contribution in [0.15, 0.2) is 27.8 Å². The molecule has 1 heterocycles. The highest BCUT2D eigenvalue weighted by Crippen LogP contribution is 2.08. The average Bonchev–Trinajstić information content (AvgIpc) is 3.07. The third-order valence-electron chi connectivity index (χ3n) is 3.25. The first-order valence-corrected chi connectivity index (χ1v) is 8.80. The summed E-state index contributed by atoms with van der Waals surface area (Å²) >= 11 is 0. The van der Waals surface area contributed by atoms with Gasteiger partial charge in [-0.05, 0) is 39.3 Å². The van der Waals surface area contributed by atoms with Crippen molar-refractivity contribution >= 4 is 12.1 Å². The molecular weight excluding hydrogens is 336 g/mol. The van der Waals surface area contributed by atoms with Crippen LogP contribution in [0.1, 0.15) is 33.0 Å². The fourth-order valence-electron chi connectivity index (χ4n) is 1.94. The standard InChI is InChI=1S/C18H32N4O4/c1-18(2,3)26-17(23)22(5)11-10-21-16(19-4)20-9-7-12-24-14-15-8-6-13-25-15/h6,8,13H,7,9-12,14H2,1-5H3,(H2,19,20,21). The Labute approximate surface area is 155 Å². The number of amides is 1. The Morgan fingerprint density at radius 1 is 1.31 bits per heavy atom. The second kappa shape index (κ2) is 11.4. The Balaban J connectivity index is 2.10. The number of carbonyl (C=O) groups excluding carboxylic acids is 1. The van der Waals surface area contributed by atoms with Crippen LogP contribution in [0.25, 0.3) is 0 Å². The third kappa shape index (κ3) is 9.93. The first kappa shape index (κ1) is 21.8. The van der Waals surface area contributed by atoms with E-state index in [1.807, 2.05) is 32.9 Å². The Hall–Kier alpha value is -2.22. The van der Waals surface area contributed by atoms with Crippen LogP contribution < -0.4 is 10.6 Å². The van der Waals surface area contributed by atoms with Gasteiger partial charge in [0.2, 0.25) is 0 Å². The largest absolute Gasteiger partial charge is 0.467 e. The van der Waals surface area contributed by atoms with Crippen molar-refractivity contribution in [3.8, 4) is 0 Å². The van der Waals surface area contributed by atoms with Crippen LogP contribution in [-0.2, 0) is 16.1 Å². The molecule has 0 saturated heterocycles. The van der Waals surface area contributed by atoms with Crippen molar-refractivity contribution in [2.24, 2.45) is 4.99 Å². The molecule has 0 bridgehead atoms. The zero-order valence-electron chi connectivity index (χ0n) is 16.5. The number of rotatable bonds is 9. The van der Waals surface area contributed by atoms with Gasteiger partial charge in [-0.1, -0.05) is 0 Å². The van der Waals surface area contributed by atoms with Gasteiger partial charge in [0.1, 0.15) is 18.0 Å². The fraction of sp³-hybridized carbons (Fsp3) is 0.667. The van der Waals surface area contributed by atoms with E-state index in [4.69, 9.17) is 13.9 Å². The molecule has 0 spiro atoms. The van der Waals surface area contributed by atoms with Crippen molar-refractivity contribution < 1.29 is 18.7 Å². The number of hydrogen-bond acceptors (Lipinski definition) is 5. The van der Waals surface area contributed by atoms with Crippen LogP contribution in [0.3, 0.4) is 0 Å². The molecule has 1 rings (SSSR count). The smallest absolute Gasteiger partial charge is 0.410 e. The first-order chi connectivity index (χ1) is 12.3. The van der Waals surface area contributed by atoms with Crippen LogP contribution >= 0.6 is 0 Å². The molecule has 0 atom stereocenters. The van der Waals surface area contributed by atoms with E-state index in [0.717, 1.165) is 18.7 Å². The highest BCUT2D eigenvalue weighted by atomic mass is 16.6. The van der Waals surface area contributed by atoms with E-state index in [2.05, 4.69) is 15.6 Å². The van der Waals surface area contributed by atoms with E-state index in [1.54, 1.807) is 20.4 Å². The van der Waals surface area contributed by atoms with Gasteiger partial charge >= 0.3 is 6.09 Å². The summed E-state index contributed by atoms with van der Waals surface area (Å²) in [7, 11) is 3.42. The van der Waals surface area contributed by atoms with Crippen molar-refractivity contribution in [1.29, 1.82) is 0 Å². The Bertz CT molecular complexity index is 538. The highest BCUT2D eigenvalue weighted by Gasteiger charge is 2.19. The maximum absolute atomic E-state index is 11.9. The number of nitrogens with one attached hydrogen (secondary N) is 2. The van der Waals surface area contributed by atoms with E-state index in [0.29, 0.717) is 32.3 Å². The number of hydrogen-bond donors (Lipinski definition) is 2. The molecule has 8 nitrogen and oxygen atoms in total. The fourth-order valence-corrected chi connectivity index (χ4v) is 1.94. The van der Waals surface area contributed by atoms with E-state index >= 15 is 0 Å². The molecule has 0 radical (unpaired) electrons. The number of aliphatic imine (C=N–C) groups is 1. The number of ether oxygens (including phenoxy) is 2. The van der Waals surface area contributed by atoms with Gasteiger partial charge in [-0.3, -0.25) is 4.99 Å². The summed E-state index contributed by atoms with van der Waals surface area (Å²) in [5, 5.41) is 6.37. The summed E-state index contributed by atoms with van der Waals surface area (Å²) < 4.78 is 16.0. The van der Waals surface area contributed by atoms with Gasteiger partial charge in [-0.15, -0.1) is 0 Å². The van der Waals surface area contributed by atoms with Crippen LogP contribution in [0.2, 0.25) is 0 Å². The molecule has 0 aliphatic carbocycles. The monoisotopic (exact) mass is 368 g/mol. The van der Waals surface area contributed by atoms with Crippen LogP contribution in [0.5, 0.6) is 0 Å². The summed E-state index contributed by atoms with van der Waals surface area (Å²) in [5.74, 6) is 1.51. The van der Waals surface area contributed by atoms with Crippen molar-refractivity contribution in [1.82, 2.24) is 15.5 Å². The molecule has 1 aromatic heterocycles. The molecule has 0 aliphatic rings. The molecule has 1 amide bonds. The van der Waals surface area contributed by atoms with Gasteiger partial charge in [0, 0.05) is 40.3 Å².